The van der Waals surface area contributed by atoms with Gasteiger partial charge in [0, 0.05) is 25.3 Å². The molecule has 0 atom stereocenters. The fraction of sp³-hybridized carbons (Fsp3) is 0.550. The summed E-state index contributed by atoms with van der Waals surface area (Å²) in [5.74, 6) is 1.88. The van der Waals surface area contributed by atoms with Gasteiger partial charge < -0.3 is 10.2 Å². The Morgan fingerprint density at radius 2 is 1.96 bits per heavy atom. The third-order valence-electron chi connectivity index (χ3n) is 5.76. The van der Waals surface area contributed by atoms with Crippen LogP contribution in [0.5, 0.6) is 0 Å². The molecule has 1 aliphatic carbocycles. The molecule has 1 saturated heterocycles. The molecule has 6 nitrogen and oxygen atoms in total. The Hall–Kier alpha value is -1.64. The molecule has 1 spiro atoms. The molecule has 4 rings (SSSR count). The average Bonchev–Trinajstić information content (AvgIpc) is 3.42. The SMILES string of the molecule is CCNC(=NCc1nncn1-c1ccccc1)N1CCC2(CCCC2)C1.I. The number of nitrogens with zero attached hydrogens (tertiary/aromatic N) is 5. The van der Waals surface area contributed by atoms with E-state index in [1.165, 1.54) is 32.1 Å². The average molecular weight is 480 g/mol. The number of halogens is 1. The van der Waals surface area contributed by atoms with Crippen LogP contribution in [0, 0.1) is 5.41 Å². The lowest BCUT2D eigenvalue weighted by Crippen LogP contribution is -2.41. The molecule has 146 valence electrons. The minimum atomic E-state index is 0. The van der Waals surface area contributed by atoms with Crippen molar-refractivity contribution in [3.63, 3.8) is 0 Å². The van der Waals surface area contributed by atoms with E-state index >= 15 is 0 Å². The first-order chi connectivity index (χ1) is 12.8. The maximum absolute atomic E-state index is 4.89. The minimum absolute atomic E-state index is 0. The number of aromatic nitrogens is 3. The fourth-order valence-electron chi connectivity index (χ4n) is 4.39. The normalized spacial score (nSPS) is 18.7. The van der Waals surface area contributed by atoms with Gasteiger partial charge in [0.2, 0.25) is 0 Å². The summed E-state index contributed by atoms with van der Waals surface area (Å²) in [6.07, 6.45) is 8.61. The fourth-order valence-corrected chi connectivity index (χ4v) is 4.39. The van der Waals surface area contributed by atoms with Gasteiger partial charge in [-0.3, -0.25) is 4.57 Å². The quantitative estimate of drug-likeness (QED) is 0.413. The molecule has 1 aromatic carbocycles. The Bertz CT molecular complexity index is 751. The highest BCUT2D eigenvalue weighted by atomic mass is 127. The summed E-state index contributed by atoms with van der Waals surface area (Å²) in [7, 11) is 0. The first-order valence-corrected chi connectivity index (χ1v) is 9.77. The second-order valence-electron chi connectivity index (χ2n) is 7.50. The van der Waals surface area contributed by atoms with Crippen LogP contribution in [-0.4, -0.2) is 45.3 Å². The summed E-state index contributed by atoms with van der Waals surface area (Å²) < 4.78 is 2.01. The molecule has 2 heterocycles. The third-order valence-corrected chi connectivity index (χ3v) is 5.76. The van der Waals surface area contributed by atoms with E-state index < -0.39 is 0 Å². The smallest absolute Gasteiger partial charge is 0.194 e. The van der Waals surface area contributed by atoms with Gasteiger partial charge in [-0.1, -0.05) is 31.0 Å². The van der Waals surface area contributed by atoms with E-state index in [0.29, 0.717) is 12.0 Å². The van der Waals surface area contributed by atoms with Crippen LogP contribution in [0.25, 0.3) is 5.69 Å². The van der Waals surface area contributed by atoms with Crippen molar-refractivity contribution in [1.82, 2.24) is 25.0 Å². The molecule has 27 heavy (non-hydrogen) atoms. The molecule has 2 aliphatic rings. The van der Waals surface area contributed by atoms with E-state index in [0.717, 1.165) is 37.1 Å². The van der Waals surface area contributed by atoms with Gasteiger partial charge in [0.05, 0.1) is 0 Å². The van der Waals surface area contributed by atoms with Gasteiger partial charge >= 0.3 is 0 Å². The maximum atomic E-state index is 4.89. The van der Waals surface area contributed by atoms with Crippen LogP contribution in [0.3, 0.4) is 0 Å². The Kier molecular flexibility index (Phi) is 6.73. The van der Waals surface area contributed by atoms with E-state index in [-0.39, 0.29) is 24.0 Å². The van der Waals surface area contributed by atoms with Gasteiger partial charge in [0.15, 0.2) is 11.8 Å². The third kappa shape index (κ3) is 4.44. The number of hydrogen-bond acceptors (Lipinski definition) is 3. The zero-order valence-corrected chi connectivity index (χ0v) is 18.3. The minimum Gasteiger partial charge on any atom is -0.357 e. The Balaban J connectivity index is 0.00000210. The number of aliphatic imine (C=N–C) groups is 1. The number of hydrogen-bond donors (Lipinski definition) is 1. The van der Waals surface area contributed by atoms with Crippen molar-refractivity contribution in [2.45, 2.75) is 45.6 Å². The molecule has 0 bridgehead atoms. The van der Waals surface area contributed by atoms with Gasteiger partial charge in [0.1, 0.15) is 12.9 Å². The number of para-hydroxylation sites is 1. The maximum Gasteiger partial charge on any atom is 0.194 e. The van der Waals surface area contributed by atoms with Gasteiger partial charge in [-0.2, -0.15) is 0 Å². The molecule has 0 radical (unpaired) electrons. The van der Waals surface area contributed by atoms with Crippen LogP contribution in [-0.2, 0) is 6.54 Å². The first kappa shape index (κ1) is 20.1. The van der Waals surface area contributed by atoms with E-state index in [4.69, 9.17) is 4.99 Å². The van der Waals surface area contributed by atoms with Crippen LogP contribution in [0.1, 0.15) is 44.9 Å². The molecule has 1 N–H and O–H groups in total. The van der Waals surface area contributed by atoms with E-state index in [1.54, 1.807) is 6.33 Å². The molecule has 1 saturated carbocycles. The summed E-state index contributed by atoms with van der Waals surface area (Å²) in [5.41, 5.74) is 1.61. The van der Waals surface area contributed by atoms with Crippen molar-refractivity contribution < 1.29 is 0 Å². The Morgan fingerprint density at radius 1 is 1.19 bits per heavy atom. The number of benzene rings is 1. The summed E-state index contributed by atoms with van der Waals surface area (Å²) in [6, 6.07) is 10.2. The topological polar surface area (TPSA) is 58.3 Å². The zero-order valence-electron chi connectivity index (χ0n) is 16.0. The predicted octanol–water partition coefficient (Wildman–Crippen LogP) is 3.62. The van der Waals surface area contributed by atoms with Crippen molar-refractivity contribution in [2.24, 2.45) is 10.4 Å². The predicted molar refractivity (Wildman–Crippen MR) is 119 cm³/mol. The molecule has 1 aromatic heterocycles. The van der Waals surface area contributed by atoms with Crippen LogP contribution in [0.2, 0.25) is 0 Å². The standard InChI is InChI=1S/C20H28N6.HI/c1-2-21-19(25-13-12-20(15-25)10-6-7-11-20)22-14-18-24-23-16-26(18)17-8-4-3-5-9-17;/h3-5,8-9,16H,2,6-7,10-15H2,1H3,(H,21,22);1H. The summed E-state index contributed by atoms with van der Waals surface area (Å²) in [5, 5.41) is 11.8. The second-order valence-corrected chi connectivity index (χ2v) is 7.50. The summed E-state index contributed by atoms with van der Waals surface area (Å²) in [4.78, 5) is 7.33. The number of likely N-dealkylation sites (tertiary alicyclic amines) is 1. The lowest BCUT2D eigenvalue weighted by molar-refractivity contribution is 0.309. The molecule has 2 fully saturated rings. The summed E-state index contributed by atoms with van der Waals surface area (Å²) >= 11 is 0. The Labute approximate surface area is 178 Å². The summed E-state index contributed by atoms with van der Waals surface area (Å²) in [6.45, 7) is 5.79. The highest BCUT2D eigenvalue weighted by molar-refractivity contribution is 14.0. The largest absolute Gasteiger partial charge is 0.357 e. The molecule has 1 aliphatic heterocycles. The zero-order chi connectivity index (χ0) is 17.8. The number of guanidine groups is 1. The highest BCUT2D eigenvalue weighted by Gasteiger charge is 2.41. The van der Waals surface area contributed by atoms with Gasteiger partial charge in [0.25, 0.3) is 0 Å². The van der Waals surface area contributed by atoms with Crippen molar-refractivity contribution in [1.29, 1.82) is 0 Å². The second kappa shape index (κ2) is 9.03. The highest BCUT2D eigenvalue weighted by Crippen LogP contribution is 2.45. The van der Waals surface area contributed by atoms with Gasteiger partial charge in [-0.05, 0) is 43.7 Å². The molecular weight excluding hydrogens is 451 g/mol. The van der Waals surface area contributed by atoms with E-state index in [1.807, 2.05) is 22.8 Å². The first-order valence-electron chi connectivity index (χ1n) is 9.77. The van der Waals surface area contributed by atoms with Crippen molar-refractivity contribution in [3.05, 3.63) is 42.5 Å². The van der Waals surface area contributed by atoms with Crippen molar-refractivity contribution >= 4 is 29.9 Å². The monoisotopic (exact) mass is 480 g/mol. The molecule has 0 unspecified atom stereocenters. The Morgan fingerprint density at radius 3 is 2.70 bits per heavy atom. The van der Waals surface area contributed by atoms with Crippen LogP contribution in [0.4, 0.5) is 0 Å². The van der Waals surface area contributed by atoms with Crippen molar-refractivity contribution in [3.8, 4) is 5.69 Å². The lowest BCUT2D eigenvalue weighted by atomic mass is 9.86. The van der Waals surface area contributed by atoms with Crippen LogP contribution in [0.15, 0.2) is 41.7 Å². The lowest BCUT2D eigenvalue weighted by Gasteiger charge is -2.25. The van der Waals surface area contributed by atoms with Gasteiger partial charge in [-0.15, -0.1) is 34.2 Å². The van der Waals surface area contributed by atoms with Gasteiger partial charge in [-0.25, -0.2) is 4.99 Å². The van der Waals surface area contributed by atoms with Crippen LogP contribution >= 0.6 is 24.0 Å². The van der Waals surface area contributed by atoms with E-state index in [2.05, 4.69) is 39.5 Å². The molecular formula is C20H29IN6. The van der Waals surface area contributed by atoms with Crippen LogP contribution < -0.4 is 5.32 Å². The number of rotatable bonds is 4. The molecule has 0 amide bonds. The van der Waals surface area contributed by atoms with Crippen molar-refractivity contribution in [2.75, 3.05) is 19.6 Å². The molecule has 2 aromatic rings. The molecule has 7 heteroatoms. The number of nitrogens with one attached hydrogen (secondary N) is 1. The van der Waals surface area contributed by atoms with E-state index in [9.17, 15) is 0 Å².